The highest BCUT2D eigenvalue weighted by Gasteiger charge is 2.05. The third-order valence-corrected chi connectivity index (χ3v) is 3.83. The Bertz CT molecular complexity index is 583. The van der Waals surface area contributed by atoms with Crippen molar-refractivity contribution in [3.8, 4) is 5.75 Å². The van der Waals surface area contributed by atoms with E-state index in [-0.39, 0.29) is 24.8 Å². The Morgan fingerprint density at radius 2 is 2.25 bits per heavy atom. The summed E-state index contributed by atoms with van der Waals surface area (Å²) in [5.41, 5.74) is 1.19. The van der Waals surface area contributed by atoms with Gasteiger partial charge in [0.2, 0.25) is 5.91 Å². The first-order valence-electron chi connectivity index (χ1n) is 6.33. The summed E-state index contributed by atoms with van der Waals surface area (Å²) < 4.78 is 18.2. The van der Waals surface area contributed by atoms with Crippen molar-refractivity contribution in [1.29, 1.82) is 0 Å². The van der Waals surface area contributed by atoms with Crippen LogP contribution in [0.4, 0.5) is 4.39 Å². The van der Waals surface area contributed by atoms with Gasteiger partial charge in [-0.15, -0.1) is 11.3 Å². The molecule has 1 aromatic heterocycles. The second-order valence-corrected chi connectivity index (χ2v) is 5.36. The normalized spacial score (nSPS) is 10.3. The number of hydrogen-bond donors (Lipinski definition) is 1. The average molecular weight is 293 g/mol. The smallest absolute Gasteiger partial charge is 0.223 e. The monoisotopic (exact) mass is 293 g/mol. The molecular weight excluding hydrogens is 277 g/mol. The maximum atomic E-state index is 12.9. The van der Waals surface area contributed by atoms with Crippen LogP contribution in [-0.4, -0.2) is 12.5 Å². The van der Waals surface area contributed by atoms with E-state index in [1.54, 1.807) is 23.5 Å². The van der Waals surface area contributed by atoms with Gasteiger partial charge in [0.15, 0.2) is 0 Å². The van der Waals surface area contributed by atoms with Crippen LogP contribution in [0, 0.1) is 12.7 Å². The van der Waals surface area contributed by atoms with E-state index in [0.29, 0.717) is 12.3 Å². The summed E-state index contributed by atoms with van der Waals surface area (Å²) >= 11 is 1.63. The molecule has 0 aliphatic rings. The molecule has 106 valence electrons. The van der Waals surface area contributed by atoms with Gasteiger partial charge in [0, 0.05) is 10.9 Å². The molecule has 1 heterocycles. The molecular formula is C15H16FNO2S. The van der Waals surface area contributed by atoms with Crippen LogP contribution in [-0.2, 0) is 11.3 Å². The molecule has 0 saturated heterocycles. The van der Waals surface area contributed by atoms with Gasteiger partial charge in [-0.2, -0.15) is 0 Å². The second kappa shape index (κ2) is 7.05. The van der Waals surface area contributed by atoms with Crippen molar-refractivity contribution in [2.75, 3.05) is 6.61 Å². The third kappa shape index (κ3) is 4.35. The Morgan fingerprint density at radius 1 is 1.40 bits per heavy atom. The highest BCUT2D eigenvalue weighted by molar-refractivity contribution is 7.10. The highest BCUT2D eigenvalue weighted by atomic mass is 32.1. The summed E-state index contributed by atoms with van der Waals surface area (Å²) in [6, 6.07) is 7.91. The molecule has 0 radical (unpaired) electrons. The van der Waals surface area contributed by atoms with Gasteiger partial charge in [-0.05, 0) is 36.1 Å². The Hall–Kier alpha value is -1.88. The lowest BCUT2D eigenvalue weighted by molar-refractivity contribution is -0.121. The number of carbonyl (C=O) groups excluding carboxylic acids is 1. The third-order valence-electron chi connectivity index (χ3n) is 2.81. The number of aryl methyl sites for hydroxylation is 1. The first-order chi connectivity index (χ1) is 9.65. The van der Waals surface area contributed by atoms with E-state index >= 15 is 0 Å². The van der Waals surface area contributed by atoms with E-state index in [1.165, 1.54) is 17.7 Å². The first-order valence-corrected chi connectivity index (χ1v) is 7.21. The lowest BCUT2D eigenvalue weighted by Crippen LogP contribution is -2.24. The minimum atomic E-state index is -0.347. The number of carbonyl (C=O) groups is 1. The van der Waals surface area contributed by atoms with Crippen LogP contribution in [0.3, 0.4) is 0 Å². The maximum Gasteiger partial charge on any atom is 0.223 e. The van der Waals surface area contributed by atoms with Gasteiger partial charge >= 0.3 is 0 Å². The fourth-order valence-corrected chi connectivity index (χ4v) is 2.52. The van der Waals surface area contributed by atoms with Crippen molar-refractivity contribution < 1.29 is 13.9 Å². The molecule has 3 nitrogen and oxygen atoms in total. The summed E-state index contributed by atoms with van der Waals surface area (Å²) in [5.74, 6) is 0.0150. The Morgan fingerprint density at radius 3 is 2.95 bits per heavy atom. The number of halogens is 1. The van der Waals surface area contributed by atoms with E-state index in [9.17, 15) is 9.18 Å². The van der Waals surface area contributed by atoms with Crippen molar-refractivity contribution >= 4 is 17.2 Å². The standard InChI is InChI=1S/C15H16FNO2S/c1-11-6-8-20-14(11)10-17-15(18)5-7-19-13-4-2-3-12(16)9-13/h2-4,6,8-9H,5,7,10H2,1H3,(H,17,18). The Labute approximate surface area is 121 Å². The van der Waals surface area contributed by atoms with Crippen molar-refractivity contribution in [2.45, 2.75) is 19.9 Å². The molecule has 0 saturated carbocycles. The van der Waals surface area contributed by atoms with E-state index in [1.807, 2.05) is 18.4 Å². The fourth-order valence-electron chi connectivity index (χ4n) is 1.67. The zero-order chi connectivity index (χ0) is 14.4. The van der Waals surface area contributed by atoms with E-state index in [4.69, 9.17) is 4.74 Å². The Kier molecular flexibility index (Phi) is 5.12. The number of nitrogens with one attached hydrogen (secondary N) is 1. The molecule has 0 spiro atoms. The van der Waals surface area contributed by atoms with Crippen molar-refractivity contribution in [2.24, 2.45) is 0 Å². The quantitative estimate of drug-likeness (QED) is 0.887. The molecule has 2 aromatic rings. The van der Waals surface area contributed by atoms with Crippen molar-refractivity contribution in [3.05, 3.63) is 52.0 Å². The molecule has 1 N–H and O–H groups in total. The predicted molar refractivity (Wildman–Crippen MR) is 77.4 cm³/mol. The molecule has 0 aliphatic heterocycles. The number of amides is 1. The number of hydrogen-bond acceptors (Lipinski definition) is 3. The van der Waals surface area contributed by atoms with E-state index < -0.39 is 0 Å². The molecule has 2 rings (SSSR count). The largest absolute Gasteiger partial charge is 0.493 e. The van der Waals surface area contributed by atoms with Crippen LogP contribution in [0.15, 0.2) is 35.7 Å². The average Bonchev–Trinajstić information content (AvgIpc) is 2.82. The zero-order valence-corrected chi connectivity index (χ0v) is 12.0. The van der Waals surface area contributed by atoms with Crippen LogP contribution in [0.25, 0.3) is 0 Å². The minimum Gasteiger partial charge on any atom is -0.493 e. The Balaban J connectivity index is 1.69. The van der Waals surface area contributed by atoms with Gasteiger partial charge in [-0.25, -0.2) is 4.39 Å². The molecule has 1 aromatic carbocycles. The van der Waals surface area contributed by atoms with Gasteiger partial charge < -0.3 is 10.1 Å². The molecule has 20 heavy (non-hydrogen) atoms. The van der Waals surface area contributed by atoms with Crippen LogP contribution in [0.5, 0.6) is 5.75 Å². The lowest BCUT2D eigenvalue weighted by Gasteiger charge is -2.07. The van der Waals surface area contributed by atoms with Crippen LogP contribution >= 0.6 is 11.3 Å². The molecule has 0 bridgehead atoms. The maximum absolute atomic E-state index is 12.9. The number of benzene rings is 1. The lowest BCUT2D eigenvalue weighted by atomic mass is 10.3. The SMILES string of the molecule is Cc1ccsc1CNC(=O)CCOc1cccc(F)c1. The number of ether oxygens (including phenoxy) is 1. The molecule has 0 fully saturated rings. The van der Waals surface area contributed by atoms with E-state index in [2.05, 4.69) is 5.32 Å². The number of rotatable bonds is 6. The predicted octanol–water partition coefficient (Wildman–Crippen LogP) is 3.28. The van der Waals surface area contributed by atoms with Crippen LogP contribution in [0.1, 0.15) is 16.9 Å². The van der Waals surface area contributed by atoms with E-state index in [0.717, 1.165) is 4.88 Å². The van der Waals surface area contributed by atoms with Gasteiger partial charge in [-0.1, -0.05) is 6.07 Å². The summed E-state index contributed by atoms with van der Waals surface area (Å²) in [6.45, 7) is 2.80. The zero-order valence-electron chi connectivity index (χ0n) is 11.2. The molecule has 0 unspecified atom stereocenters. The fraction of sp³-hybridized carbons (Fsp3) is 0.267. The summed E-state index contributed by atoms with van der Waals surface area (Å²) in [5, 5.41) is 4.84. The van der Waals surface area contributed by atoms with Crippen LogP contribution in [0.2, 0.25) is 0 Å². The van der Waals surface area contributed by atoms with Gasteiger partial charge in [0.1, 0.15) is 11.6 Å². The van der Waals surface area contributed by atoms with Gasteiger partial charge in [0.25, 0.3) is 0 Å². The highest BCUT2D eigenvalue weighted by Crippen LogP contribution is 2.15. The van der Waals surface area contributed by atoms with Gasteiger partial charge in [-0.3, -0.25) is 4.79 Å². The molecule has 0 aliphatic carbocycles. The topological polar surface area (TPSA) is 38.3 Å². The van der Waals surface area contributed by atoms with Gasteiger partial charge in [0.05, 0.1) is 19.6 Å². The first kappa shape index (κ1) is 14.5. The summed E-state index contributed by atoms with van der Waals surface area (Å²) in [4.78, 5) is 12.8. The minimum absolute atomic E-state index is 0.0748. The molecule has 5 heteroatoms. The van der Waals surface area contributed by atoms with Crippen molar-refractivity contribution in [1.82, 2.24) is 5.32 Å². The number of thiophene rings is 1. The second-order valence-electron chi connectivity index (χ2n) is 4.36. The van der Waals surface area contributed by atoms with Crippen LogP contribution < -0.4 is 10.1 Å². The summed E-state index contributed by atoms with van der Waals surface area (Å²) in [7, 11) is 0. The molecule has 0 atom stereocenters. The summed E-state index contributed by atoms with van der Waals surface area (Å²) in [6.07, 6.45) is 0.251. The van der Waals surface area contributed by atoms with Crippen molar-refractivity contribution in [3.63, 3.8) is 0 Å². The molecule has 1 amide bonds.